The van der Waals surface area contributed by atoms with E-state index < -0.39 is 23.6 Å². The second-order valence-electron chi connectivity index (χ2n) is 6.07. The predicted molar refractivity (Wildman–Crippen MR) is 102 cm³/mol. The van der Waals surface area contributed by atoms with Crippen molar-refractivity contribution >= 4 is 23.6 Å². The zero-order valence-electron chi connectivity index (χ0n) is 15.8. The van der Waals surface area contributed by atoms with Crippen molar-refractivity contribution in [3.8, 4) is 0 Å². The third kappa shape index (κ3) is 7.21. The Labute approximate surface area is 166 Å². The van der Waals surface area contributed by atoms with Crippen molar-refractivity contribution in [2.75, 3.05) is 19.0 Å². The molecule has 0 spiro atoms. The Bertz CT molecular complexity index is 873. The molecule has 0 aliphatic heterocycles. The quantitative estimate of drug-likeness (QED) is 0.589. The molecule has 2 aromatic rings. The first-order valence-corrected chi connectivity index (χ1v) is 8.83. The number of carbonyl (C=O) groups excluding carboxylic acids is 3. The lowest BCUT2D eigenvalue weighted by Crippen LogP contribution is -2.28. The van der Waals surface area contributed by atoms with Crippen LogP contribution in [0.3, 0.4) is 0 Å². The Kier molecular flexibility index (Phi) is 8.08. The average molecular weight is 405 g/mol. The normalized spacial score (nSPS) is 10.2. The topological polar surface area (TPSA) is 96.5 Å². The molecule has 154 valence electrons. The molecule has 0 radical (unpaired) electrons. The molecule has 3 N–H and O–H groups in total. The maximum absolute atomic E-state index is 13.5. The highest BCUT2D eigenvalue weighted by Crippen LogP contribution is 2.10. The van der Waals surface area contributed by atoms with Crippen molar-refractivity contribution < 1.29 is 27.9 Å². The summed E-state index contributed by atoms with van der Waals surface area (Å²) in [4.78, 5) is 34.8. The molecule has 29 heavy (non-hydrogen) atoms. The number of amides is 3. The Morgan fingerprint density at radius 3 is 2.38 bits per heavy atom. The molecule has 0 unspecified atom stereocenters. The van der Waals surface area contributed by atoms with E-state index in [1.807, 2.05) is 0 Å². The second-order valence-corrected chi connectivity index (χ2v) is 6.07. The van der Waals surface area contributed by atoms with E-state index in [0.29, 0.717) is 24.7 Å². The highest BCUT2D eigenvalue weighted by molar-refractivity contribution is 5.94. The van der Waals surface area contributed by atoms with Crippen LogP contribution in [0.15, 0.2) is 42.5 Å². The number of anilines is 1. The van der Waals surface area contributed by atoms with Gasteiger partial charge in [-0.3, -0.25) is 14.9 Å². The summed E-state index contributed by atoms with van der Waals surface area (Å²) in [6, 6.07) is 9.58. The number of hydrogen-bond acceptors (Lipinski definition) is 4. The number of methoxy groups -OCH3 is 1. The molecule has 9 heteroatoms. The largest absolute Gasteiger partial charge is 0.453 e. The van der Waals surface area contributed by atoms with Gasteiger partial charge in [0.25, 0.3) is 5.91 Å². The van der Waals surface area contributed by atoms with Crippen LogP contribution in [0.2, 0.25) is 0 Å². The molecule has 0 saturated carbocycles. The van der Waals surface area contributed by atoms with Gasteiger partial charge in [0.15, 0.2) is 0 Å². The molecular weight excluding hydrogens is 384 g/mol. The number of hydrogen-bond donors (Lipinski definition) is 3. The molecule has 0 aromatic heterocycles. The fraction of sp³-hybridized carbons (Fsp3) is 0.250. The number of carbonyl (C=O) groups is 3. The molecule has 3 amide bonds. The zero-order valence-corrected chi connectivity index (χ0v) is 15.8. The van der Waals surface area contributed by atoms with E-state index in [0.717, 1.165) is 17.7 Å². The van der Waals surface area contributed by atoms with Crippen molar-refractivity contribution in [2.45, 2.75) is 19.4 Å². The van der Waals surface area contributed by atoms with Crippen LogP contribution in [0.5, 0.6) is 0 Å². The van der Waals surface area contributed by atoms with Crippen LogP contribution >= 0.6 is 0 Å². The Morgan fingerprint density at radius 1 is 1.00 bits per heavy atom. The first-order chi connectivity index (χ1) is 13.9. The molecule has 0 saturated heterocycles. The molecule has 2 rings (SSSR count). The zero-order chi connectivity index (χ0) is 21.2. The monoisotopic (exact) mass is 405 g/mol. The molecule has 2 aromatic carbocycles. The van der Waals surface area contributed by atoms with Crippen LogP contribution in [0.4, 0.5) is 19.3 Å². The van der Waals surface area contributed by atoms with Gasteiger partial charge < -0.3 is 15.4 Å². The van der Waals surface area contributed by atoms with Gasteiger partial charge in [0.05, 0.1) is 12.7 Å². The maximum Gasteiger partial charge on any atom is 0.411 e. The average Bonchev–Trinajstić information content (AvgIpc) is 2.70. The summed E-state index contributed by atoms with van der Waals surface area (Å²) < 4.78 is 30.9. The molecule has 0 bridgehead atoms. The van der Waals surface area contributed by atoms with Gasteiger partial charge in [-0.05, 0) is 36.2 Å². The third-order valence-electron chi connectivity index (χ3n) is 3.92. The van der Waals surface area contributed by atoms with Crippen LogP contribution in [0, 0.1) is 11.6 Å². The smallest absolute Gasteiger partial charge is 0.411 e. The van der Waals surface area contributed by atoms with Gasteiger partial charge in [0.2, 0.25) is 5.91 Å². The van der Waals surface area contributed by atoms with Gasteiger partial charge in [0.1, 0.15) is 11.6 Å². The van der Waals surface area contributed by atoms with E-state index >= 15 is 0 Å². The van der Waals surface area contributed by atoms with Crippen LogP contribution in [-0.4, -0.2) is 31.6 Å². The summed E-state index contributed by atoms with van der Waals surface area (Å²) in [5.41, 5.74) is 1.16. The summed E-state index contributed by atoms with van der Waals surface area (Å²) in [7, 11) is 1.27. The van der Waals surface area contributed by atoms with Crippen LogP contribution < -0.4 is 16.0 Å². The Morgan fingerprint density at radius 2 is 1.72 bits per heavy atom. The lowest BCUT2D eigenvalue weighted by molar-refractivity contribution is -0.121. The number of ether oxygens (including phenoxy) is 1. The van der Waals surface area contributed by atoms with E-state index in [4.69, 9.17) is 0 Å². The lowest BCUT2D eigenvalue weighted by atomic mass is 10.2. The van der Waals surface area contributed by atoms with E-state index in [1.54, 1.807) is 24.3 Å². The maximum atomic E-state index is 13.5. The standard InChI is InChI=1S/C20H21F2N3O4/c1-29-20(28)25-15-7-4-13(5-8-15)12-24-18(26)3-2-10-23-19(27)16-9-6-14(21)11-17(16)22/h4-9,11H,2-3,10,12H2,1H3,(H,23,27)(H,24,26)(H,25,28). The second kappa shape index (κ2) is 10.7. The SMILES string of the molecule is COC(=O)Nc1ccc(CNC(=O)CCCNC(=O)c2ccc(F)cc2F)cc1. The summed E-state index contributed by atoms with van der Waals surface area (Å²) in [5, 5.41) is 7.75. The first-order valence-electron chi connectivity index (χ1n) is 8.83. The van der Waals surface area contributed by atoms with Gasteiger partial charge >= 0.3 is 6.09 Å². The number of rotatable bonds is 8. The fourth-order valence-electron chi connectivity index (χ4n) is 2.38. The van der Waals surface area contributed by atoms with Crippen LogP contribution in [0.1, 0.15) is 28.8 Å². The minimum atomic E-state index is -0.937. The molecule has 0 aliphatic rings. The van der Waals surface area contributed by atoms with Gasteiger partial charge in [0, 0.05) is 31.3 Å². The predicted octanol–water partition coefficient (Wildman–Crippen LogP) is 2.97. The highest BCUT2D eigenvalue weighted by atomic mass is 19.1. The number of benzene rings is 2. The van der Waals surface area contributed by atoms with Crippen molar-refractivity contribution in [1.82, 2.24) is 10.6 Å². The molecular formula is C20H21F2N3O4. The minimum absolute atomic E-state index is 0.175. The molecule has 0 atom stereocenters. The van der Waals surface area contributed by atoms with Crippen LogP contribution in [-0.2, 0) is 16.1 Å². The Hall–Kier alpha value is -3.49. The van der Waals surface area contributed by atoms with E-state index in [9.17, 15) is 23.2 Å². The Balaban J connectivity index is 1.67. The summed E-state index contributed by atoms with van der Waals surface area (Å²) in [6.07, 6.45) is -0.0309. The first kappa shape index (κ1) is 21.8. The molecule has 0 fully saturated rings. The summed E-state index contributed by atoms with van der Waals surface area (Å²) >= 11 is 0. The highest BCUT2D eigenvalue weighted by Gasteiger charge is 2.12. The van der Waals surface area contributed by atoms with Gasteiger partial charge in [-0.15, -0.1) is 0 Å². The number of nitrogens with one attached hydrogen (secondary N) is 3. The van der Waals surface area contributed by atoms with Gasteiger partial charge in [-0.2, -0.15) is 0 Å². The molecule has 0 aliphatic carbocycles. The third-order valence-corrected chi connectivity index (χ3v) is 3.92. The van der Waals surface area contributed by atoms with E-state index in [1.165, 1.54) is 7.11 Å². The number of halogens is 2. The van der Waals surface area contributed by atoms with Gasteiger partial charge in [-0.1, -0.05) is 12.1 Å². The minimum Gasteiger partial charge on any atom is -0.453 e. The fourth-order valence-corrected chi connectivity index (χ4v) is 2.38. The summed E-state index contributed by atoms with van der Waals surface area (Å²) in [6.45, 7) is 0.488. The van der Waals surface area contributed by atoms with Crippen molar-refractivity contribution in [3.63, 3.8) is 0 Å². The van der Waals surface area contributed by atoms with Gasteiger partial charge in [-0.25, -0.2) is 13.6 Å². The lowest BCUT2D eigenvalue weighted by Gasteiger charge is -2.08. The summed E-state index contributed by atoms with van der Waals surface area (Å²) in [5.74, 6) is -2.56. The van der Waals surface area contributed by atoms with Crippen molar-refractivity contribution in [2.24, 2.45) is 0 Å². The van der Waals surface area contributed by atoms with E-state index in [-0.39, 0.29) is 24.4 Å². The molecule has 0 heterocycles. The molecule has 7 nitrogen and oxygen atoms in total. The van der Waals surface area contributed by atoms with Crippen molar-refractivity contribution in [3.05, 3.63) is 65.2 Å². The van der Waals surface area contributed by atoms with Crippen LogP contribution in [0.25, 0.3) is 0 Å². The van der Waals surface area contributed by atoms with E-state index in [2.05, 4.69) is 20.7 Å². The van der Waals surface area contributed by atoms with Crippen molar-refractivity contribution in [1.29, 1.82) is 0 Å².